The Hall–Kier alpha value is -4.95. The SMILES string of the molecule is CC(C)C[C@H](NC(=O)[C@H](Cc1ccccc1)N1C(=O)[C@@H](NC(=O)[C@H](CCc2ccccc2)NC(=O)Cc2csc(CCCC(=O)N(C)C)n2)CC1C)C(=O)[C@@]1(C)CO1. The zero-order valence-electron chi connectivity index (χ0n) is 34.5. The largest absolute Gasteiger partial charge is 0.361 e. The van der Waals surface area contributed by atoms with Crippen LogP contribution < -0.4 is 16.0 Å². The van der Waals surface area contributed by atoms with Gasteiger partial charge in [-0.3, -0.25) is 28.8 Å². The van der Waals surface area contributed by atoms with Crippen LogP contribution in [-0.2, 0) is 59.2 Å². The van der Waals surface area contributed by atoms with Crippen molar-refractivity contribution in [1.82, 2.24) is 30.7 Å². The second kappa shape index (κ2) is 20.1. The zero-order valence-corrected chi connectivity index (χ0v) is 35.3. The Morgan fingerprint density at radius 3 is 2.22 bits per heavy atom. The van der Waals surface area contributed by atoms with Gasteiger partial charge in [-0.05, 0) is 69.4 Å². The van der Waals surface area contributed by atoms with Crippen molar-refractivity contribution in [2.24, 2.45) is 5.92 Å². The Balaban J connectivity index is 1.28. The van der Waals surface area contributed by atoms with E-state index in [4.69, 9.17) is 4.74 Å². The lowest BCUT2D eigenvalue weighted by atomic mass is 9.92. The van der Waals surface area contributed by atoms with Crippen LogP contribution in [0.5, 0.6) is 0 Å². The second-order valence-corrected chi connectivity index (χ2v) is 17.3. The van der Waals surface area contributed by atoms with E-state index in [1.54, 1.807) is 25.9 Å². The Kier molecular flexibility index (Phi) is 15.3. The molecule has 13 nitrogen and oxygen atoms in total. The molecule has 14 heteroatoms. The predicted molar refractivity (Wildman–Crippen MR) is 222 cm³/mol. The summed E-state index contributed by atoms with van der Waals surface area (Å²) in [5.74, 6) is -1.75. The molecule has 0 radical (unpaired) electrons. The minimum Gasteiger partial charge on any atom is -0.361 e. The lowest BCUT2D eigenvalue weighted by Crippen LogP contribution is -2.57. The minimum absolute atomic E-state index is 0.0305. The quantitative estimate of drug-likeness (QED) is 0.136. The highest BCUT2D eigenvalue weighted by Crippen LogP contribution is 2.30. The molecule has 58 heavy (non-hydrogen) atoms. The Morgan fingerprint density at radius 2 is 1.60 bits per heavy atom. The minimum atomic E-state index is -0.952. The van der Waals surface area contributed by atoms with Gasteiger partial charge in [0, 0.05) is 38.4 Å². The fraction of sp³-hybridized carbons (Fsp3) is 0.523. The van der Waals surface area contributed by atoms with Gasteiger partial charge in [0.25, 0.3) is 0 Å². The van der Waals surface area contributed by atoms with Crippen LogP contribution in [0.25, 0.3) is 0 Å². The molecule has 2 aromatic carbocycles. The van der Waals surface area contributed by atoms with E-state index in [0.29, 0.717) is 44.4 Å². The number of carbonyl (C=O) groups excluding carboxylic acids is 6. The van der Waals surface area contributed by atoms with Crippen LogP contribution in [0.4, 0.5) is 0 Å². The average molecular weight is 815 g/mol. The van der Waals surface area contributed by atoms with Crippen molar-refractivity contribution >= 4 is 46.7 Å². The van der Waals surface area contributed by atoms with Crippen molar-refractivity contribution < 1.29 is 33.5 Å². The number of likely N-dealkylation sites (tertiary alicyclic amines) is 1. The first-order valence-corrected chi connectivity index (χ1v) is 21.1. The summed E-state index contributed by atoms with van der Waals surface area (Å²) in [5, 5.41) is 11.4. The van der Waals surface area contributed by atoms with Crippen LogP contribution >= 0.6 is 11.3 Å². The maximum absolute atomic E-state index is 14.3. The van der Waals surface area contributed by atoms with Gasteiger partial charge in [-0.15, -0.1) is 11.3 Å². The molecule has 0 saturated carbocycles. The number of Topliss-reactive ketones (excluding diaryl/α,β-unsaturated/α-hetero) is 1. The van der Waals surface area contributed by atoms with Gasteiger partial charge in [-0.25, -0.2) is 4.98 Å². The molecule has 1 unspecified atom stereocenters. The number of aromatic nitrogens is 1. The molecule has 5 amide bonds. The Morgan fingerprint density at radius 1 is 0.948 bits per heavy atom. The van der Waals surface area contributed by atoms with E-state index < -0.39 is 53.5 Å². The summed E-state index contributed by atoms with van der Waals surface area (Å²) in [6.45, 7) is 7.83. The van der Waals surface area contributed by atoms with E-state index in [2.05, 4.69) is 20.9 Å². The molecule has 312 valence electrons. The summed E-state index contributed by atoms with van der Waals surface area (Å²) in [4.78, 5) is 89.1. The molecule has 0 spiro atoms. The molecule has 0 bridgehead atoms. The molecule has 0 aliphatic carbocycles. The molecular weight excluding hydrogens is 757 g/mol. The first kappa shape index (κ1) is 44.2. The lowest BCUT2D eigenvalue weighted by Gasteiger charge is -2.33. The maximum Gasteiger partial charge on any atom is 0.246 e. The molecule has 5 rings (SSSR count). The number of thiazole rings is 1. The summed E-state index contributed by atoms with van der Waals surface area (Å²) >= 11 is 1.43. The molecule has 3 heterocycles. The van der Waals surface area contributed by atoms with E-state index in [-0.39, 0.29) is 49.2 Å². The van der Waals surface area contributed by atoms with E-state index in [0.717, 1.165) is 16.1 Å². The fourth-order valence-corrected chi connectivity index (χ4v) is 8.19. The van der Waals surface area contributed by atoms with Crippen molar-refractivity contribution in [2.75, 3.05) is 20.7 Å². The summed E-state index contributed by atoms with van der Waals surface area (Å²) < 4.78 is 5.44. The third-order valence-corrected chi connectivity index (χ3v) is 11.7. The van der Waals surface area contributed by atoms with Gasteiger partial charge in [0.1, 0.15) is 23.7 Å². The number of benzene rings is 2. The van der Waals surface area contributed by atoms with Crippen LogP contribution in [0.1, 0.15) is 81.6 Å². The number of nitrogens with one attached hydrogen (secondary N) is 3. The number of nitrogens with zero attached hydrogens (tertiary/aromatic N) is 3. The smallest absolute Gasteiger partial charge is 0.246 e. The monoisotopic (exact) mass is 814 g/mol. The van der Waals surface area contributed by atoms with E-state index >= 15 is 0 Å². The second-order valence-electron chi connectivity index (χ2n) is 16.4. The Bertz CT molecular complexity index is 1900. The number of epoxide rings is 1. The van der Waals surface area contributed by atoms with Crippen molar-refractivity contribution in [1.29, 1.82) is 0 Å². The first-order chi connectivity index (χ1) is 27.6. The van der Waals surface area contributed by atoms with Crippen molar-refractivity contribution in [3.63, 3.8) is 0 Å². The van der Waals surface area contributed by atoms with Crippen LogP contribution in [0.3, 0.4) is 0 Å². The highest BCUT2D eigenvalue weighted by atomic mass is 32.1. The molecule has 3 N–H and O–H groups in total. The van der Waals surface area contributed by atoms with Gasteiger partial charge < -0.3 is 30.5 Å². The van der Waals surface area contributed by atoms with Crippen molar-refractivity contribution in [3.05, 3.63) is 87.9 Å². The lowest BCUT2D eigenvalue weighted by molar-refractivity contribution is -0.142. The number of aryl methyl sites for hydroxylation is 2. The summed E-state index contributed by atoms with van der Waals surface area (Å²) in [7, 11) is 3.45. The summed E-state index contributed by atoms with van der Waals surface area (Å²) in [6, 6.07) is 15.0. The fourth-order valence-electron chi connectivity index (χ4n) is 7.34. The Labute approximate surface area is 345 Å². The van der Waals surface area contributed by atoms with Gasteiger partial charge in [0.15, 0.2) is 5.78 Å². The van der Waals surface area contributed by atoms with E-state index in [9.17, 15) is 28.8 Å². The normalized spacial score (nSPS) is 20.3. The number of hydrogen-bond acceptors (Lipinski definition) is 9. The first-order valence-electron chi connectivity index (χ1n) is 20.2. The highest BCUT2D eigenvalue weighted by Gasteiger charge is 2.51. The number of ether oxygens (including phenoxy) is 1. The van der Waals surface area contributed by atoms with E-state index in [1.807, 2.05) is 86.8 Å². The van der Waals surface area contributed by atoms with Crippen molar-refractivity contribution in [3.8, 4) is 0 Å². The number of ketones is 1. The standard InChI is InChI=1S/C44H58N6O7S/c1-28(2)22-34(40(53)44(4)27-57-44)47-42(55)36(24-31-16-11-8-12-17-31)50-29(3)23-35(43(50)56)48-41(54)33(21-20-30-14-9-7-10-15-30)46-37(51)25-32-26-58-38(45-32)18-13-19-39(52)49(5)6/h7-12,14-17,26,28-29,33-36H,13,18-25,27H2,1-6H3,(H,46,51)(H,47,55)(H,48,54)/t29?,33-,34-,35-,36-,44+/m0/s1. The molecule has 2 aliphatic rings. The van der Waals surface area contributed by atoms with Crippen LogP contribution in [0.15, 0.2) is 66.0 Å². The molecule has 2 aliphatic heterocycles. The van der Waals surface area contributed by atoms with Gasteiger partial charge in [0.05, 0.1) is 29.8 Å². The summed E-state index contributed by atoms with van der Waals surface area (Å²) in [5.41, 5.74) is 1.48. The number of rotatable bonds is 21. The number of amides is 5. The van der Waals surface area contributed by atoms with Gasteiger partial charge in [-0.2, -0.15) is 0 Å². The maximum atomic E-state index is 14.3. The third kappa shape index (κ3) is 12.3. The molecule has 6 atom stereocenters. The highest BCUT2D eigenvalue weighted by molar-refractivity contribution is 7.09. The molecule has 2 fully saturated rings. The molecule has 1 aromatic heterocycles. The van der Waals surface area contributed by atoms with E-state index in [1.165, 1.54) is 16.2 Å². The van der Waals surface area contributed by atoms with Crippen LogP contribution in [0.2, 0.25) is 0 Å². The van der Waals surface area contributed by atoms with Gasteiger partial charge in [-0.1, -0.05) is 74.5 Å². The molecule has 3 aromatic rings. The van der Waals surface area contributed by atoms with Gasteiger partial charge >= 0.3 is 0 Å². The molecular formula is C44H58N6O7S. The van der Waals surface area contributed by atoms with Crippen molar-refractivity contribution in [2.45, 2.75) is 121 Å². The predicted octanol–water partition coefficient (Wildman–Crippen LogP) is 3.82. The zero-order chi connectivity index (χ0) is 42.0. The molecule has 2 saturated heterocycles. The van der Waals surface area contributed by atoms with Crippen LogP contribution in [-0.4, -0.2) is 107 Å². The average Bonchev–Trinajstić information content (AvgIpc) is 3.69. The number of carbonyl (C=O) groups is 6. The van der Waals surface area contributed by atoms with Crippen LogP contribution in [0, 0.1) is 5.92 Å². The topological polar surface area (TPSA) is 170 Å². The number of hydrogen-bond donors (Lipinski definition) is 3. The van der Waals surface area contributed by atoms with Gasteiger partial charge in [0.2, 0.25) is 29.5 Å². The summed E-state index contributed by atoms with van der Waals surface area (Å²) in [6.07, 6.45) is 3.34. The third-order valence-electron chi connectivity index (χ3n) is 10.7.